The van der Waals surface area contributed by atoms with Crippen molar-refractivity contribution in [2.24, 2.45) is 11.8 Å². The minimum Gasteiger partial charge on any atom is -0.306 e. The number of nitrogens with zero attached hydrogens (tertiary/aromatic N) is 4. The van der Waals surface area contributed by atoms with E-state index in [0.29, 0.717) is 34.7 Å². The zero-order chi connectivity index (χ0) is 16.3. The molecule has 6 heteroatoms. The van der Waals surface area contributed by atoms with Crippen molar-refractivity contribution < 1.29 is 8.78 Å². The molecule has 0 amide bonds. The number of hydrogen-bond acceptors (Lipinski definition) is 3. The molecular weight excluding hydrogens is 298 g/mol. The van der Waals surface area contributed by atoms with Gasteiger partial charge in [-0.15, -0.1) is 0 Å². The van der Waals surface area contributed by atoms with Crippen LogP contribution in [0.2, 0.25) is 0 Å². The van der Waals surface area contributed by atoms with Gasteiger partial charge >= 0.3 is 6.55 Å². The average molecular weight is 320 g/mol. The zero-order valence-corrected chi connectivity index (χ0v) is 13.7. The second-order valence-electron chi connectivity index (χ2n) is 7.02. The number of aromatic nitrogens is 2. The van der Waals surface area contributed by atoms with Gasteiger partial charge in [-0.05, 0) is 45.0 Å². The van der Waals surface area contributed by atoms with Crippen molar-refractivity contribution in [3.63, 3.8) is 0 Å². The Balaban J connectivity index is 1.61. The molecule has 2 aliphatic rings. The first-order chi connectivity index (χ1) is 11.0. The summed E-state index contributed by atoms with van der Waals surface area (Å²) in [6.45, 7) is 1.38. The number of rotatable bonds is 4. The van der Waals surface area contributed by atoms with E-state index in [1.54, 1.807) is 18.2 Å². The average Bonchev–Trinajstić information content (AvgIpc) is 2.88. The van der Waals surface area contributed by atoms with E-state index >= 15 is 0 Å². The molecule has 1 aromatic heterocycles. The van der Waals surface area contributed by atoms with Crippen molar-refractivity contribution in [1.82, 2.24) is 19.4 Å². The molecule has 4 nitrogen and oxygen atoms in total. The summed E-state index contributed by atoms with van der Waals surface area (Å²) in [5, 5.41) is 0. The van der Waals surface area contributed by atoms with Crippen LogP contribution >= 0.6 is 0 Å². The Labute approximate surface area is 134 Å². The van der Waals surface area contributed by atoms with Crippen LogP contribution in [-0.4, -0.2) is 52.6 Å². The van der Waals surface area contributed by atoms with E-state index in [0.717, 1.165) is 17.7 Å². The topological polar surface area (TPSA) is 24.3 Å². The number of para-hydroxylation sites is 2. The van der Waals surface area contributed by atoms with Gasteiger partial charge in [-0.25, -0.2) is 4.98 Å². The largest absolute Gasteiger partial charge is 0.320 e. The Morgan fingerprint density at radius 2 is 1.83 bits per heavy atom. The van der Waals surface area contributed by atoms with Gasteiger partial charge in [0, 0.05) is 19.1 Å². The molecule has 23 heavy (non-hydrogen) atoms. The highest BCUT2D eigenvalue weighted by Crippen LogP contribution is 2.50. The van der Waals surface area contributed by atoms with Crippen molar-refractivity contribution in [3.05, 3.63) is 30.1 Å². The van der Waals surface area contributed by atoms with E-state index in [-0.39, 0.29) is 6.04 Å². The van der Waals surface area contributed by atoms with Crippen molar-refractivity contribution in [2.75, 3.05) is 27.2 Å². The maximum atomic E-state index is 13.6. The van der Waals surface area contributed by atoms with Gasteiger partial charge in [0.1, 0.15) is 5.82 Å². The van der Waals surface area contributed by atoms with E-state index in [1.165, 1.54) is 0 Å². The molecule has 1 aliphatic carbocycles. The minimum absolute atomic E-state index is 0.0907. The third-order valence-corrected chi connectivity index (χ3v) is 5.51. The molecule has 0 spiro atoms. The summed E-state index contributed by atoms with van der Waals surface area (Å²) in [5.41, 5.74) is 1.16. The first-order valence-electron chi connectivity index (χ1n) is 8.14. The van der Waals surface area contributed by atoms with Crippen molar-refractivity contribution >= 4 is 11.0 Å². The molecule has 2 unspecified atom stereocenters. The number of alkyl halides is 2. The van der Waals surface area contributed by atoms with Gasteiger partial charge < -0.3 is 4.90 Å². The van der Waals surface area contributed by atoms with Gasteiger partial charge in [0.2, 0.25) is 0 Å². The first-order valence-corrected chi connectivity index (χ1v) is 8.14. The molecule has 4 rings (SSSR count). The van der Waals surface area contributed by atoms with E-state index in [9.17, 15) is 8.78 Å². The van der Waals surface area contributed by atoms with E-state index in [2.05, 4.69) is 28.9 Å². The molecule has 0 radical (unpaired) electrons. The lowest BCUT2D eigenvalue weighted by Crippen LogP contribution is -2.33. The lowest BCUT2D eigenvalue weighted by Gasteiger charge is -2.28. The predicted octanol–water partition coefficient (Wildman–Crippen LogP) is 2.98. The Morgan fingerprint density at radius 1 is 1.17 bits per heavy atom. The highest BCUT2D eigenvalue weighted by atomic mass is 19.3. The summed E-state index contributed by atoms with van der Waals surface area (Å²) in [5.74, 6) is 1.83. The fraction of sp³-hybridized carbons (Fsp3) is 0.588. The number of likely N-dealkylation sites (tertiary alicyclic amines) is 1. The number of hydrogen-bond donors (Lipinski definition) is 0. The van der Waals surface area contributed by atoms with Crippen LogP contribution in [0.15, 0.2) is 24.3 Å². The standard InChI is InChI=1S/C17H22F2N4/c1-10(22-8-11-12(9-22)15(11)21(2)3)16-20-13-6-4-5-7-14(13)23(16)17(18)19/h4-7,10-12,15,17H,8-9H2,1-3H3/t10?,11-,12+,15?. The highest BCUT2D eigenvalue weighted by Gasteiger charge is 2.57. The summed E-state index contributed by atoms with van der Waals surface area (Å²) in [4.78, 5) is 9.09. The molecule has 0 N–H and O–H groups in total. The van der Waals surface area contributed by atoms with Gasteiger partial charge in [0.15, 0.2) is 0 Å². The Kier molecular flexibility index (Phi) is 3.43. The van der Waals surface area contributed by atoms with Crippen LogP contribution in [0.5, 0.6) is 0 Å². The summed E-state index contributed by atoms with van der Waals surface area (Å²) in [6.07, 6.45) is 0. The van der Waals surface area contributed by atoms with Gasteiger partial charge in [-0.1, -0.05) is 12.1 Å². The molecule has 2 heterocycles. The number of benzene rings is 1. The number of halogens is 2. The van der Waals surface area contributed by atoms with Gasteiger partial charge in [0.05, 0.1) is 17.1 Å². The molecule has 1 saturated carbocycles. The van der Waals surface area contributed by atoms with Crippen LogP contribution in [0.3, 0.4) is 0 Å². The molecule has 1 aliphatic heterocycles. The molecule has 0 bridgehead atoms. The van der Waals surface area contributed by atoms with E-state index in [4.69, 9.17) is 0 Å². The third-order valence-electron chi connectivity index (χ3n) is 5.51. The second-order valence-corrected chi connectivity index (χ2v) is 7.02. The maximum absolute atomic E-state index is 13.6. The van der Waals surface area contributed by atoms with Crippen LogP contribution in [0.25, 0.3) is 11.0 Å². The van der Waals surface area contributed by atoms with Crippen LogP contribution < -0.4 is 0 Å². The fourth-order valence-corrected chi connectivity index (χ4v) is 4.34. The Morgan fingerprint density at radius 3 is 2.43 bits per heavy atom. The monoisotopic (exact) mass is 320 g/mol. The SMILES string of the molecule is CC(c1nc2ccccc2n1C(F)F)N1C[C@@H]2C(N(C)C)[C@@H]2C1. The summed E-state index contributed by atoms with van der Waals surface area (Å²) >= 11 is 0. The lowest BCUT2D eigenvalue weighted by molar-refractivity contribution is 0.0648. The van der Waals surface area contributed by atoms with Crippen LogP contribution in [-0.2, 0) is 0 Å². The number of imidazole rings is 1. The Bertz CT molecular complexity index is 714. The van der Waals surface area contributed by atoms with Gasteiger partial charge in [-0.2, -0.15) is 8.78 Å². The minimum atomic E-state index is -2.56. The maximum Gasteiger partial charge on any atom is 0.320 e. The van der Waals surface area contributed by atoms with Crippen LogP contribution in [0.4, 0.5) is 8.78 Å². The van der Waals surface area contributed by atoms with Crippen molar-refractivity contribution in [1.29, 1.82) is 0 Å². The van der Waals surface area contributed by atoms with Crippen molar-refractivity contribution in [2.45, 2.75) is 25.6 Å². The molecular formula is C17H22F2N4. The summed E-state index contributed by atoms with van der Waals surface area (Å²) in [7, 11) is 4.24. The molecule has 1 saturated heterocycles. The van der Waals surface area contributed by atoms with Gasteiger partial charge in [0.25, 0.3) is 0 Å². The quantitative estimate of drug-likeness (QED) is 0.865. The van der Waals surface area contributed by atoms with Crippen molar-refractivity contribution in [3.8, 4) is 0 Å². The third kappa shape index (κ3) is 2.27. The molecule has 124 valence electrons. The molecule has 2 aromatic rings. The van der Waals surface area contributed by atoms with Crippen LogP contribution in [0.1, 0.15) is 25.3 Å². The fourth-order valence-electron chi connectivity index (χ4n) is 4.34. The first kappa shape index (κ1) is 15.0. The Hall–Kier alpha value is -1.53. The van der Waals surface area contributed by atoms with Gasteiger partial charge in [-0.3, -0.25) is 9.47 Å². The number of fused-ring (bicyclic) bond motifs is 2. The number of piperidine rings is 1. The van der Waals surface area contributed by atoms with Crippen LogP contribution in [0, 0.1) is 11.8 Å². The zero-order valence-electron chi connectivity index (χ0n) is 13.7. The van der Waals surface area contributed by atoms with E-state index in [1.807, 2.05) is 13.0 Å². The predicted molar refractivity (Wildman–Crippen MR) is 85.4 cm³/mol. The second kappa shape index (κ2) is 5.24. The normalized spacial score (nSPS) is 28.7. The highest BCUT2D eigenvalue weighted by molar-refractivity contribution is 5.76. The lowest BCUT2D eigenvalue weighted by atomic mass is 10.2. The molecule has 1 aromatic carbocycles. The molecule has 2 fully saturated rings. The summed E-state index contributed by atoms with van der Waals surface area (Å²) in [6, 6.07) is 7.71. The summed E-state index contributed by atoms with van der Waals surface area (Å²) < 4.78 is 28.3. The smallest absolute Gasteiger partial charge is 0.306 e. The van der Waals surface area contributed by atoms with E-state index < -0.39 is 6.55 Å². The molecule has 4 atom stereocenters.